The van der Waals surface area contributed by atoms with Gasteiger partial charge >= 0.3 is 0 Å². The van der Waals surface area contributed by atoms with Crippen LogP contribution in [0.2, 0.25) is 5.02 Å². The number of hydrogen-bond donors (Lipinski definition) is 1. The molecule has 224 valence electrons. The number of benzene rings is 1. The molecule has 1 amide bonds. The van der Waals surface area contributed by atoms with Crippen LogP contribution in [0.5, 0.6) is 0 Å². The number of nitrogens with zero attached hydrogens (tertiary/aromatic N) is 6. The minimum Gasteiger partial charge on any atom is -0.378 e. The Morgan fingerprint density at radius 2 is 1.88 bits per heavy atom. The largest absolute Gasteiger partial charge is 0.378 e. The maximum Gasteiger partial charge on any atom is 0.245 e. The molecule has 4 fully saturated rings. The SMILES string of the molecule is C=CC(=O)N1CCC(n2nc(N3CCC4(CN(C5COC5)C4)CC3(C)C)c(-c3c(Cl)c(C)cc4[nH]ncc34)c2C)CC1. The monoisotopic (exact) mass is 591 g/mol. The van der Waals surface area contributed by atoms with Crippen LogP contribution in [0.15, 0.2) is 24.9 Å². The van der Waals surface area contributed by atoms with Crippen molar-refractivity contribution in [2.75, 3.05) is 50.8 Å². The molecule has 0 radical (unpaired) electrons. The van der Waals surface area contributed by atoms with Gasteiger partial charge in [-0.3, -0.25) is 19.5 Å². The summed E-state index contributed by atoms with van der Waals surface area (Å²) in [5.74, 6) is 1.01. The fourth-order valence-corrected chi connectivity index (χ4v) is 8.42. The number of likely N-dealkylation sites (tertiary alicyclic amines) is 2. The van der Waals surface area contributed by atoms with Crippen LogP contribution < -0.4 is 4.90 Å². The molecule has 7 rings (SSSR count). The molecule has 4 saturated heterocycles. The number of aryl methyl sites for hydroxylation is 1. The number of H-pyrrole nitrogens is 1. The molecule has 10 heteroatoms. The summed E-state index contributed by atoms with van der Waals surface area (Å²) >= 11 is 7.16. The number of piperidine rings is 2. The molecule has 4 aliphatic rings. The van der Waals surface area contributed by atoms with Gasteiger partial charge in [0.15, 0.2) is 5.82 Å². The minimum absolute atomic E-state index is 0.00398. The molecule has 9 nitrogen and oxygen atoms in total. The molecule has 1 N–H and O–H groups in total. The fraction of sp³-hybridized carbons (Fsp3) is 0.594. The molecule has 0 bridgehead atoms. The van der Waals surface area contributed by atoms with Gasteiger partial charge in [0.1, 0.15) is 0 Å². The van der Waals surface area contributed by atoms with Crippen LogP contribution in [0.1, 0.15) is 56.8 Å². The van der Waals surface area contributed by atoms with E-state index in [1.54, 1.807) is 0 Å². The zero-order valence-electron chi connectivity index (χ0n) is 25.2. The van der Waals surface area contributed by atoms with Crippen molar-refractivity contribution in [2.45, 2.75) is 71.0 Å². The Balaban J connectivity index is 1.28. The summed E-state index contributed by atoms with van der Waals surface area (Å²) in [5.41, 5.74) is 5.50. The van der Waals surface area contributed by atoms with Crippen molar-refractivity contribution in [3.63, 3.8) is 0 Å². The first kappa shape index (κ1) is 27.9. The number of anilines is 1. The second kappa shape index (κ2) is 10.1. The minimum atomic E-state index is -0.0770. The van der Waals surface area contributed by atoms with E-state index in [0.717, 1.165) is 89.6 Å². The lowest BCUT2D eigenvalue weighted by Gasteiger charge is -2.61. The highest BCUT2D eigenvalue weighted by Gasteiger charge is 2.53. The number of ether oxygens (including phenoxy) is 1. The van der Waals surface area contributed by atoms with Crippen LogP contribution in [0, 0.1) is 19.3 Å². The quantitative estimate of drug-likeness (QED) is 0.415. The maximum absolute atomic E-state index is 12.3. The molecule has 2 aromatic heterocycles. The Hall–Kier alpha value is -2.88. The summed E-state index contributed by atoms with van der Waals surface area (Å²) in [5, 5.41) is 14.8. The van der Waals surface area contributed by atoms with Gasteiger partial charge in [0.25, 0.3) is 0 Å². The lowest BCUT2D eigenvalue weighted by atomic mass is 9.65. The van der Waals surface area contributed by atoms with E-state index in [9.17, 15) is 4.79 Å². The number of halogens is 1. The number of fused-ring (bicyclic) bond motifs is 1. The number of carbonyl (C=O) groups is 1. The number of amides is 1. The van der Waals surface area contributed by atoms with Crippen molar-refractivity contribution < 1.29 is 9.53 Å². The predicted molar refractivity (Wildman–Crippen MR) is 166 cm³/mol. The number of rotatable bonds is 5. The lowest BCUT2D eigenvalue weighted by Crippen LogP contribution is -2.69. The first-order chi connectivity index (χ1) is 20.1. The summed E-state index contributed by atoms with van der Waals surface area (Å²) in [7, 11) is 0. The molecule has 4 aliphatic heterocycles. The number of carbonyl (C=O) groups excluding carboxylic acids is 1. The van der Waals surface area contributed by atoms with E-state index in [-0.39, 0.29) is 17.5 Å². The second-order valence-electron chi connectivity index (χ2n) is 13.7. The Bertz CT molecular complexity index is 1540. The first-order valence-electron chi connectivity index (χ1n) is 15.3. The van der Waals surface area contributed by atoms with E-state index >= 15 is 0 Å². The highest BCUT2D eigenvalue weighted by molar-refractivity contribution is 6.36. The zero-order valence-corrected chi connectivity index (χ0v) is 26.0. The molecule has 42 heavy (non-hydrogen) atoms. The van der Waals surface area contributed by atoms with Crippen LogP contribution in [0.25, 0.3) is 22.0 Å². The van der Waals surface area contributed by atoms with Crippen molar-refractivity contribution in [3.8, 4) is 11.1 Å². The molecule has 3 aromatic rings. The molecule has 1 spiro atoms. The van der Waals surface area contributed by atoms with E-state index < -0.39 is 0 Å². The maximum atomic E-state index is 12.3. The highest BCUT2D eigenvalue weighted by Crippen LogP contribution is 2.52. The predicted octanol–water partition coefficient (Wildman–Crippen LogP) is 5.13. The molecular formula is C32H42ClN7O2. The molecule has 0 saturated carbocycles. The van der Waals surface area contributed by atoms with Gasteiger partial charge in [-0.2, -0.15) is 10.2 Å². The third-order valence-corrected chi connectivity index (χ3v) is 10.9. The Kier molecular flexibility index (Phi) is 6.71. The lowest BCUT2D eigenvalue weighted by molar-refractivity contribution is -0.142. The Labute approximate surface area is 252 Å². The summed E-state index contributed by atoms with van der Waals surface area (Å²) in [6.45, 7) is 19.1. The summed E-state index contributed by atoms with van der Waals surface area (Å²) in [6, 6.07) is 2.89. The van der Waals surface area contributed by atoms with Crippen LogP contribution in [-0.2, 0) is 9.53 Å². The number of hydrogen-bond acceptors (Lipinski definition) is 6. The van der Waals surface area contributed by atoms with Crippen molar-refractivity contribution in [1.82, 2.24) is 29.8 Å². The topological polar surface area (TPSA) is 82.5 Å². The summed E-state index contributed by atoms with van der Waals surface area (Å²) in [4.78, 5) is 19.3. The average Bonchev–Trinajstić information content (AvgIpc) is 3.51. The van der Waals surface area contributed by atoms with E-state index in [0.29, 0.717) is 24.5 Å². The second-order valence-corrected chi connectivity index (χ2v) is 14.1. The number of aromatic nitrogens is 4. The van der Waals surface area contributed by atoms with Crippen LogP contribution >= 0.6 is 11.6 Å². The average molecular weight is 592 g/mol. The van der Waals surface area contributed by atoms with Crippen molar-refractivity contribution in [3.05, 3.63) is 41.2 Å². The standard InChI is InChI=1S/C32H42ClN7O2/c1-6-26(41)37-10-7-22(8-11-37)40-21(3)27(28-24-14-34-35-25(24)13-20(2)29(28)33)30(36-40)39-12-9-32(17-31(39,4)5)18-38(19-32)23-15-42-16-23/h6,13-14,22-23H,1,7-12,15-19H2,2-5H3,(H,34,35). The van der Waals surface area contributed by atoms with Crippen LogP contribution in [0.3, 0.4) is 0 Å². The van der Waals surface area contributed by atoms with E-state index in [1.165, 1.54) is 19.2 Å². The van der Waals surface area contributed by atoms with E-state index in [1.807, 2.05) is 11.1 Å². The Morgan fingerprint density at radius 1 is 1.14 bits per heavy atom. The highest BCUT2D eigenvalue weighted by atomic mass is 35.5. The van der Waals surface area contributed by atoms with E-state index in [4.69, 9.17) is 21.4 Å². The van der Waals surface area contributed by atoms with Gasteiger partial charge in [-0.1, -0.05) is 18.2 Å². The van der Waals surface area contributed by atoms with Gasteiger partial charge in [0, 0.05) is 60.5 Å². The van der Waals surface area contributed by atoms with Gasteiger partial charge in [0.2, 0.25) is 5.91 Å². The zero-order chi connectivity index (χ0) is 29.4. The molecular weight excluding hydrogens is 550 g/mol. The summed E-state index contributed by atoms with van der Waals surface area (Å²) in [6.07, 6.45) is 7.29. The normalized spacial score (nSPS) is 22.9. The smallest absolute Gasteiger partial charge is 0.245 e. The Morgan fingerprint density at radius 3 is 2.52 bits per heavy atom. The molecule has 0 atom stereocenters. The van der Waals surface area contributed by atoms with Gasteiger partial charge < -0.3 is 14.5 Å². The fourth-order valence-electron chi connectivity index (χ4n) is 8.17. The van der Waals surface area contributed by atoms with Crippen molar-refractivity contribution in [2.24, 2.45) is 5.41 Å². The van der Waals surface area contributed by atoms with Crippen LogP contribution in [0.4, 0.5) is 5.82 Å². The van der Waals surface area contributed by atoms with Gasteiger partial charge in [0.05, 0.1) is 42.0 Å². The van der Waals surface area contributed by atoms with Gasteiger partial charge in [-0.15, -0.1) is 0 Å². The third-order valence-electron chi connectivity index (χ3n) is 10.4. The number of aromatic amines is 1. The van der Waals surface area contributed by atoms with Crippen molar-refractivity contribution in [1.29, 1.82) is 0 Å². The molecule has 1 aromatic carbocycles. The first-order valence-corrected chi connectivity index (χ1v) is 15.7. The third kappa shape index (κ3) is 4.38. The summed E-state index contributed by atoms with van der Waals surface area (Å²) < 4.78 is 7.70. The number of nitrogens with one attached hydrogen (secondary N) is 1. The van der Waals surface area contributed by atoms with Gasteiger partial charge in [-0.25, -0.2) is 0 Å². The molecule has 0 unspecified atom stereocenters. The van der Waals surface area contributed by atoms with Crippen molar-refractivity contribution >= 4 is 34.2 Å². The molecule has 0 aliphatic carbocycles. The van der Waals surface area contributed by atoms with E-state index in [2.05, 4.69) is 65.0 Å². The van der Waals surface area contributed by atoms with Crippen LogP contribution in [-0.4, -0.2) is 93.2 Å². The molecule has 6 heterocycles. The van der Waals surface area contributed by atoms with Gasteiger partial charge in [-0.05, 0) is 76.5 Å².